The highest BCUT2D eigenvalue weighted by Crippen LogP contribution is 2.10. The summed E-state index contributed by atoms with van der Waals surface area (Å²) in [6.45, 7) is 20.7. The summed E-state index contributed by atoms with van der Waals surface area (Å²) in [7, 11) is 0. The first kappa shape index (κ1) is 41.7. The molecule has 12 nitrogen and oxygen atoms in total. The molecule has 0 aromatic rings. The molecule has 0 saturated carbocycles. The van der Waals surface area contributed by atoms with Gasteiger partial charge in [-0.25, -0.2) is 0 Å². The second-order valence-electron chi connectivity index (χ2n) is 9.18. The molecule has 4 amide bonds. The summed E-state index contributed by atoms with van der Waals surface area (Å²) in [6, 6.07) is 0. The molecule has 0 aromatic carbocycles. The van der Waals surface area contributed by atoms with E-state index in [2.05, 4.69) is 30.4 Å². The van der Waals surface area contributed by atoms with Crippen molar-refractivity contribution >= 4 is 29.6 Å². The van der Waals surface area contributed by atoms with Gasteiger partial charge in [-0.15, -0.1) is 0 Å². The Morgan fingerprint density at radius 2 is 1.24 bits per heavy atom. The molecule has 234 valence electrons. The van der Waals surface area contributed by atoms with Crippen LogP contribution in [-0.2, 0) is 38.2 Å². The van der Waals surface area contributed by atoms with Crippen LogP contribution >= 0.6 is 0 Å². The molecule has 0 heterocycles. The van der Waals surface area contributed by atoms with Gasteiger partial charge in [0.2, 0.25) is 23.6 Å². The molecule has 0 aliphatic rings. The number of nitrogens with two attached hydrogens (primary N) is 2. The van der Waals surface area contributed by atoms with Crippen molar-refractivity contribution in [2.75, 3.05) is 32.9 Å². The molecule has 0 spiro atoms. The van der Waals surface area contributed by atoms with E-state index in [4.69, 9.17) is 25.7 Å². The fourth-order valence-corrected chi connectivity index (χ4v) is 2.55. The summed E-state index contributed by atoms with van der Waals surface area (Å²) in [5.41, 5.74) is 11.2. The Labute approximate surface area is 244 Å². The Kier molecular flexibility index (Phi) is 26.9. The summed E-state index contributed by atoms with van der Waals surface area (Å²) in [4.78, 5) is 52.7. The number of hydrogen-bond donors (Lipinski definition) is 4. The van der Waals surface area contributed by atoms with Crippen molar-refractivity contribution in [1.29, 1.82) is 0 Å². The van der Waals surface area contributed by atoms with Gasteiger partial charge >= 0.3 is 5.97 Å². The average molecular weight is 583 g/mol. The molecule has 0 unspecified atom stereocenters. The van der Waals surface area contributed by atoms with Crippen LogP contribution in [0.5, 0.6) is 0 Å². The van der Waals surface area contributed by atoms with Crippen LogP contribution in [-0.4, -0.2) is 68.3 Å². The van der Waals surface area contributed by atoms with Gasteiger partial charge in [-0.05, 0) is 59.1 Å². The van der Waals surface area contributed by atoms with Crippen molar-refractivity contribution in [2.24, 2.45) is 11.5 Å². The van der Waals surface area contributed by atoms with Crippen LogP contribution in [0, 0.1) is 0 Å². The standard InChI is InChI=1S/C13H22N2O4.C11H19NO3.C5H9NO/c1-5-11(16)14-7-9-18-13(3,4)19-10-8-15-12(17)6-2;1-9(11(12)14)7-5-3-4-6-8-15-10(2)13;1-4(2)3-5(6)7/h5-6H,1-2,7-10H2,3-4H3,(H,14,16)(H,15,17);1,3-8H2,2H3,(H2,12,14);3H,1-2H3,(H2,6,7). The monoisotopic (exact) mass is 582 g/mol. The number of rotatable bonds is 19. The van der Waals surface area contributed by atoms with Crippen LogP contribution in [0.1, 0.15) is 66.7 Å². The van der Waals surface area contributed by atoms with E-state index in [0.717, 1.165) is 31.3 Å². The first-order chi connectivity index (χ1) is 19.1. The van der Waals surface area contributed by atoms with Gasteiger partial charge in [0.1, 0.15) is 0 Å². The van der Waals surface area contributed by atoms with Crippen LogP contribution in [0.3, 0.4) is 0 Å². The Balaban J connectivity index is -0.000000583. The summed E-state index contributed by atoms with van der Waals surface area (Å²) < 4.78 is 15.7. The largest absolute Gasteiger partial charge is 0.466 e. The number of unbranched alkanes of at least 4 members (excludes halogenated alkanes) is 3. The van der Waals surface area contributed by atoms with E-state index in [1.165, 1.54) is 25.2 Å². The second kappa shape index (κ2) is 26.5. The Morgan fingerprint density at radius 1 is 0.780 bits per heavy atom. The summed E-state index contributed by atoms with van der Waals surface area (Å²) in [5, 5.41) is 5.18. The molecular formula is C29H50N4O8. The number of amides is 4. The summed E-state index contributed by atoms with van der Waals surface area (Å²) >= 11 is 0. The number of nitrogens with one attached hydrogen (secondary N) is 2. The highest BCUT2D eigenvalue weighted by molar-refractivity contribution is 5.91. The minimum Gasteiger partial charge on any atom is -0.466 e. The molecule has 12 heteroatoms. The van der Waals surface area contributed by atoms with Gasteiger partial charge in [0.25, 0.3) is 0 Å². The zero-order valence-corrected chi connectivity index (χ0v) is 25.3. The molecule has 41 heavy (non-hydrogen) atoms. The second-order valence-corrected chi connectivity index (χ2v) is 9.18. The van der Waals surface area contributed by atoms with Crippen LogP contribution in [0.15, 0.2) is 49.1 Å². The quantitative estimate of drug-likeness (QED) is 0.0772. The molecule has 0 atom stereocenters. The third kappa shape index (κ3) is 36.2. The third-order valence-corrected chi connectivity index (χ3v) is 4.53. The van der Waals surface area contributed by atoms with Crippen molar-refractivity contribution < 1.29 is 38.2 Å². The van der Waals surface area contributed by atoms with E-state index < -0.39 is 11.7 Å². The molecule has 0 radical (unpaired) electrons. The van der Waals surface area contributed by atoms with Crippen LogP contribution in [0.25, 0.3) is 0 Å². The van der Waals surface area contributed by atoms with E-state index in [0.29, 0.717) is 44.9 Å². The van der Waals surface area contributed by atoms with Gasteiger partial charge in [0.05, 0.1) is 19.8 Å². The average Bonchev–Trinajstić information content (AvgIpc) is 2.87. The molecule has 0 rings (SSSR count). The van der Waals surface area contributed by atoms with Crippen molar-refractivity contribution in [3.8, 4) is 0 Å². The van der Waals surface area contributed by atoms with Crippen LogP contribution in [0.2, 0.25) is 0 Å². The number of allylic oxidation sites excluding steroid dienone is 1. The Morgan fingerprint density at radius 3 is 1.59 bits per heavy atom. The molecule has 0 saturated heterocycles. The number of hydrogen-bond acceptors (Lipinski definition) is 8. The SMILES string of the molecule is C=C(CCCCCCOC(C)=O)C(N)=O.C=CC(=O)NCCOC(C)(C)OCCNC(=O)C=C.CC(C)=CC(N)=O. The maximum atomic E-state index is 10.9. The minimum absolute atomic E-state index is 0.239. The predicted octanol–water partition coefficient (Wildman–Crippen LogP) is 2.34. The van der Waals surface area contributed by atoms with E-state index >= 15 is 0 Å². The maximum Gasteiger partial charge on any atom is 0.302 e. The smallest absolute Gasteiger partial charge is 0.302 e. The third-order valence-electron chi connectivity index (χ3n) is 4.53. The van der Waals surface area contributed by atoms with Crippen molar-refractivity contribution in [3.05, 3.63) is 49.1 Å². The van der Waals surface area contributed by atoms with Gasteiger partial charge in [0, 0.05) is 31.7 Å². The van der Waals surface area contributed by atoms with Crippen molar-refractivity contribution in [2.45, 2.75) is 72.5 Å². The van der Waals surface area contributed by atoms with E-state index in [1.807, 2.05) is 13.8 Å². The molecular weight excluding hydrogens is 532 g/mol. The van der Waals surface area contributed by atoms with Gasteiger partial charge < -0.3 is 36.3 Å². The zero-order valence-electron chi connectivity index (χ0n) is 25.3. The molecule has 0 aromatic heterocycles. The topological polar surface area (TPSA) is 189 Å². The number of ether oxygens (including phenoxy) is 3. The number of esters is 1. The van der Waals surface area contributed by atoms with Gasteiger partial charge in [-0.3, -0.25) is 24.0 Å². The predicted molar refractivity (Wildman–Crippen MR) is 159 cm³/mol. The lowest BCUT2D eigenvalue weighted by Crippen LogP contribution is -2.36. The Bertz CT molecular complexity index is 848. The lowest BCUT2D eigenvalue weighted by atomic mass is 10.1. The summed E-state index contributed by atoms with van der Waals surface area (Å²) in [5.74, 6) is -2.30. The van der Waals surface area contributed by atoms with E-state index in [-0.39, 0.29) is 23.7 Å². The number of primary amides is 2. The van der Waals surface area contributed by atoms with Crippen LogP contribution < -0.4 is 22.1 Å². The van der Waals surface area contributed by atoms with E-state index in [1.54, 1.807) is 13.8 Å². The zero-order chi connectivity index (χ0) is 32.3. The lowest BCUT2D eigenvalue weighted by molar-refractivity contribution is -0.211. The summed E-state index contributed by atoms with van der Waals surface area (Å²) in [6.07, 6.45) is 8.19. The fourth-order valence-electron chi connectivity index (χ4n) is 2.55. The van der Waals surface area contributed by atoms with E-state index in [9.17, 15) is 24.0 Å². The molecule has 0 bridgehead atoms. The molecule has 0 fully saturated rings. The Hall–Kier alpha value is -3.77. The minimum atomic E-state index is -0.780. The fraction of sp³-hybridized carbons (Fsp3) is 0.552. The highest BCUT2D eigenvalue weighted by Gasteiger charge is 2.18. The van der Waals surface area contributed by atoms with Gasteiger partial charge in [-0.2, -0.15) is 0 Å². The van der Waals surface area contributed by atoms with Crippen molar-refractivity contribution in [3.63, 3.8) is 0 Å². The number of carbonyl (C=O) groups excluding carboxylic acids is 5. The van der Waals surface area contributed by atoms with Gasteiger partial charge in [-0.1, -0.05) is 38.2 Å². The van der Waals surface area contributed by atoms with Crippen molar-refractivity contribution in [1.82, 2.24) is 10.6 Å². The maximum absolute atomic E-state index is 10.9. The first-order valence-electron chi connectivity index (χ1n) is 13.2. The van der Waals surface area contributed by atoms with Crippen LogP contribution in [0.4, 0.5) is 0 Å². The van der Waals surface area contributed by atoms with Gasteiger partial charge in [0.15, 0.2) is 5.79 Å². The normalized spacial score (nSPS) is 9.78. The molecule has 6 N–H and O–H groups in total. The molecule has 0 aliphatic heterocycles. The first-order valence-corrected chi connectivity index (χ1v) is 13.2. The number of carbonyl (C=O) groups is 5. The lowest BCUT2D eigenvalue weighted by Gasteiger charge is -2.25. The highest BCUT2D eigenvalue weighted by atomic mass is 16.7. The molecule has 0 aliphatic carbocycles.